The van der Waals surface area contributed by atoms with Crippen LogP contribution in [0.3, 0.4) is 0 Å². The Morgan fingerprint density at radius 2 is 2.00 bits per heavy atom. The number of hydrogen-bond acceptors (Lipinski definition) is 4. The minimum Gasteiger partial charge on any atom is -0.383 e. The maximum absolute atomic E-state index is 12.0. The van der Waals surface area contributed by atoms with Crippen molar-refractivity contribution in [1.29, 1.82) is 0 Å². The van der Waals surface area contributed by atoms with Crippen molar-refractivity contribution < 1.29 is 9.90 Å². The second-order valence-electron chi connectivity index (χ2n) is 4.40. The molecule has 2 unspecified atom stereocenters. The van der Waals surface area contributed by atoms with E-state index in [9.17, 15) is 9.90 Å². The summed E-state index contributed by atoms with van der Waals surface area (Å²) in [5.74, 6) is 0.225. The molecule has 0 spiro atoms. The van der Waals surface area contributed by atoms with E-state index in [1.165, 1.54) is 0 Å². The number of hydrogen-bond donors (Lipinski definition) is 2. The van der Waals surface area contributed by atoms with Crippen LogP contribution in [0.5, 0.6) is 0 Å². The lowest BCUT2D eigenvalue weighted by atomic mass is 10.1. The Kier molecular flexibility index (Phi) is 7.36. The Morgan fingerprint density at radius 3 is 2.47 bits per heavy atom. The van der Waals surface area contributed by atoms with Gasteiger partial charge in [0.05, 0.1) is 0 Å². The molecule has 2 atom stereocenters. The summed E-state index contributed by atoms with van der Waals surface area (Å²) in [5.41, 5.74) is 5.81. The van der Waals surface area contributed by atoms with Crippen molar-refractivity contribution >= 4 is 30.7 Å². The van der Waals surface area contributed by atoms with E-state index < -0.39 is 12.1 Å². The van der Waals surface area contributed by atoms with Crippen LogP contribution < -0.4 is 5.73 Å². The molecule has 1 saturated heterocycles. The molecule has 1 aliphatic heterocycles. The molecule has 3 N–H and O–H groups in total. The highest BCUT2D eigenvalue weighted by Crippen LogP contribution is 2.17. The first-order valence-corrected chi connectivity index (χ1v) is 5.81. The van der Waals surface area contributed by atoms with E-state index in [0.29, 0.717) is 5.82 Å². The molecule has 1 aromatic heterocycles. The zero-order valence-corrected chi connectivity index (χ0v) is 12.4. The van der Waals surface area contributed by atoms with Crippen molar-refractivity contribution in [3.05, 3.63) is 18.2 Å². The molecule has 1 aromatic rings. The molecule has 1 aliphatic rings. The second-order valence-corrected chi connectivity index (χ2v) is 4.40. The van der Waals surface area contributed by atoms with Gasteiger partial charge in [0.2, 0.25) is 5.91 Å². The lowest BCUT2D eigenvalue weighted by Gasteiger charge is -2.23. The van der Waals surface area contributed by atoms with Crippen LogP contribution in [0.25, 0.3) is 0 Å². The third kappa shape index (κ3) is 3.82. The molecule has 0 saturated carbocycles. The van der Waals surface area contributed by atoms with E-state index in [1.54, 1.807) is 28.9 Å². The van der Waals surface area contributed by atoms with Gasteiger partial charge in [0.1, 0.15) is 18.0 Å². The first kappa shape index (κ1) is 18.2. The number of likely N-dealkylation sites (tertiary alicyclic amines) is 1. The van der Waals surface area contributed by atoms with Crippen LogP contribution in [-0.2, 0) is 11.8 Å². The molecule has 8 heteroatoms. The number of carbonyl (C=O) groups is 1. The fourth-order valence-electron chi connectivity index (χ4n) is 2.11. The standard InChI is InChI=1S/C11H18N4O2.2ClH/c1-14-7-4-13-10(14)9(16)8(12)11(17)15-5-2-3-6-15;;/h4,7-9,16H,2-3,5-6,12H2,1H3;2*1H. The SMILES string of the molecule is Cl.Cl.Cn1ccnc1C(O)C(N)C(=O)N1CCCC1. The number of amides is 1. The molecule has 0 radical (unpaired) electrons. The summed E-state index contributed by atoms with van der Waals surface area (Å²) in [4.78, 5) is 17.7. The Labute approximate surface area is 124 Å². The van der Waals surface area contributed by atoms with E-state index in [0.717, 1.165) is 25.9 Å². The van der Waals surface area contributed by atoms with Gasteiger partial charge < -0.3 is 20.3 Å². The number of aliphatic hydroxyl groups excluding tert-OH is 1. The summed E-state index contributed by atoms with van der Waals surface area (Å²) in [7, 11) is 1.76. The van der Waals surface area contributed by atoms with Gasteiger partial charge in [-0.2, -0.15) is 0 Å². The van der Waals surface area contributed by atoms with Crippen molar-refractivity contribution in [2.24, 2.45) is 12.8 Å². The van der Waals surface area contributed by atoms with E-state index in [4.69, 9.17) is 5.73 Å². The van der Waals surface area contributed by atoms with Crippen molar-refractivity contribution in [3.63, 3.8) is 0 Å². The Bertz CT molecular complexity index is 407. The van der Waals surface area contributed by atoms with Gasteiger partial charge in [-0.3, -0.25) is 4.79 Å². The molecule has 1 amide bonds. The van der Waals surface area contributed by atoms with Crippen LogP contribution in [0.4, 0.5) is 0 Å². The number of halogens is 2. The van der Waals surface area contributed by atoms with Crippen LogP contribution in [0, 0.1) is 0 Å². The molecule has 19 heavy (non-hydrogen) atoms. The highest BCUT2D eigenvalue weighted by atomic mass is 35.5. The monoisotopic (exact) mass is 310 g/mol. The van der Waals surface area contributed by atoms with Gasteiger partial charge in [-0.25, -0.2) is 4.98 Å². The maximum atomic E-state index is 12.0. The van der Waals surface area contributed by atoms with Crippen molar-refractivity contribution in [2.75, 3.05) is 13.1 Å². The van der Waals surface area contributed by atoms with Gasteiger partial charge in [-0.05, 0) is 12.8 Å². The minimum atomic E-state index is -1.05. The largest absolute Gasteiger partial charge is 0.383 e. The number of aryl methyl sites for hydroxylation is 1. The fraction of sp³-hybridized carbons (Fsp3) is 0.636. The smallest absolute Gasteiger partial charge is 0.242 e. The zero-order valence-electron chi connectivity index (χ0n) is 10.7. The topological polar surface area (TPSA) is 84.4 Å². The van der Waals surface area contributed by atoms with Crippen molar-refractivity contribution in [1.82, 2.24) is 14.5 Å². The number of imidazole rings is 1. The van der Waals surface area contributed by atoms with Gasteiger partial charge in [-0.1, -0.05) is 0 Å². The average Bonchev–Trinajstić information content (AvgIpc) is 2.96. The molecular formula is C11H20Cl2N4O2. The number of aromatic nitrogens is 2. The molecule has 2 rings (SSSR count). The van der Waals surface area contributed by atoms with Crippen LogP contribution in [0.1, 0.15) is 24.8 Å². The van der Waals surface area contributed by atoms with Crippen LogP contribution in [0.15, 0.2) is 12.4 Å². The zero-order chi connectivity index (χ0) is 12.4. The van der Waals surface area contributed by atoms with Gasteiger partial charge in [-0.15, -0.1) is 24.8 Å². The predicted molar refractivity (Wildman–Crippen MR) is 76.5 cm³/mol. The first-order valence-electron chi connectivity index (χ1n) is 5.81. The van der Waals surface area contributed by atoms with E-state index in [1.807, 2.05) is 0 Å². The maximum Gasteiger partial charge on any atom is 0.242 e. The Morgan fingerprint density at radius 1 is 1.42 bits per heavy atom. The Hall–Kier alpha value is -0.820. The van der Waals surface area contributed by atoms with Crippen molar-refractivity contribution in [3.8, 4) is 0 Å². The normalized spacial score (nSPS) is 17.3. The number of nitrogens with zero attached hydrogens (tertiary/aromatic N) is 3. The third-order valence-corrected chi connectivity index (χ3v) is 3.17. The molecule has 0 aliphatic carbocycles. The third-order valence-electron chi connectivity index (χ3n) is 3.17. The van der Waals surface area contributed by atoms with E-state index in [2.05, 4.69) is 4.98 Å². The van der Waals surface area contributed by atoms with Crippen LogP contribution in [0.2, 0.25) is 0 Å². The van der Waals surface area contributed by atoms with Crippen LogP contribution >= 0.6 is 24.8 Å². The quantitative estimate of drug-likeness (QED) is 0.838. The minimum absolute atomic E-state index is 0. The summed E-state index contributed by atoms with van der Waals surface area (Å²) in [6, 6.07) is -0.936. The van der Waals surface area contributed by atoms with E-state index in [-0.39, 0.29) is 30.7 Å². The Balaban J connectivity index is 0.00000162. The van der Waals surface area contributed by atoms with Gasteiger partial charge >= 0.3 is 0 Å². The molecule has 0 aromatic carbocycles. The first-order chi connectivity index (χ1) is 8.11. The highest BCUT2D eigenvalue weighted by Gasteiger charge is 2.31. The molecule has 0 bridgehead atoms. The summed E-state index contributed by atoms with van der Waals surface area (Å²) >= 11 is 0. The summed E-state index contributed by atoms with van der Waals surface area (Å²) < 4.78 is 1.67. The second kappa shape index (κ2) is 7.69. The molecule has 2 heterocycles. The summed E-state index contributed by atoms with van der Waals surface area (Å²) in [6.07, 6.45) is 4.26. The van der Waals surface area contributed by atoms with E-state index >= 15 is 0 Å². The lowest BCUT2D eigenvalue weighted by Crippen LogP contribution is -2.46. The number of rotatable bonds is 3. The average molecular weight is 311 g/mol. The number of aliphatic hydroxyl groups is 1. The van der Waals surface area contributed by atoms with Crippen molar-refractivity contribution in [2.45, 2.75) is 25.0 Å². The van der Waals surface area contributed by atoms with Gasteiger partial charge in [0.25, 0.3) is 0 Å². The van der Waals surface area contributed by atoms with Gasteiger partial charge in [0, 0.05) is 32.5 Å². The molecule has 110 valence electrons. The summed E-state index contributed by atoms with van der Waals surface area (Å²) in [6.45, 7) is 1.47. The number of carbonyl (C=O) groups excluding carboxylic acids is 1. The highest BCUT2D eigenvalue weighted by molar-refractivity contribution is 5.85. The van der Waals surface area contributed by atoms with Crippen LogP contribution in [-0.4, -0.2) is 44.6 Å². The molecule has 1 fully saturated rings. The lowest BCUT2D eigenvalue weighted by molar-refractivity contribution is -0.134. The van der Waals surface area contributed by atoms with Gasteiger partial charge in [0.15, 0.2) is 0 Å². The predicted octanol–water partition coefficient (Wildman–Crippen LogP) is 0.247. The molecule has 6 nitrogen and oxygen atoms in total. The molecular weight excluding hydrogens is 291 g/mol. The fourth-order valence-corrected chi connectivity index (χ4v) is 2.11. The number of nitrogens with two attached hydrogens (primary N) is 1. The summed E-state index contributed by atoms with van der Waals surface area (Å²) in [5, 5.41) is 10.0.